The molecule has 2 atom stereocenters. The summed E-state index contributed by atoms with van der Waals surface area (Å²) in [5.74, 6) is -1.29. The monoisotopic (exact) mass is 527 g/mol. The minimum absolute atomic E-state index is 0.0640. The molecule has 0 aliphatic heterocycles. The Morgan fingerprint density at radius 3 is 2.00 bits per heavy atom. The number of benzene rings is 3. The second kappa shape index (κ2) is 13.3. The quantitative estimate of drug-likeness (QED) is 0.241. The Morgan fingerprint density at radius 1 is 0.769 bits per heavy atom. The molecule has 39 heavy (non-hydrogen) atoms. The zero-order valence-corrected chi connectivity index (χ0v) is 22.1. The van der Waals surface area contributed by atoms with Gasteiger partial charge in [0, 0.05) is 23.5 Å². The van der Waals surface area contributed by atoms with Gasteiger partial charge in [-0.25, -0.2) is 9.59 Å². The Morgan fingerprint density at radius 2 is 1.36 bits per heavy atom. The van der Waals surface area contributed by atoms with Gasteiger partial charge in [-0.05, 0) is 28.7 Å². The number of aromatic nitrogens is 1. The molecule has 8 heteroatoms. The van der Waals surface area contributed by atoms with E-state index in [-0.39, 0.29) is 25.6 Å². The molecule has 0 aliphatic rings. The highest BCUT2D eigenvalue weighted by Crippen LogP contribution is 2.19. The molecule has 0 saturated carbocycles. The van der Waals surface area contributed by atoms with Crippen LogP contribution < -0.4 is 10.6 Å². The van der Waals surface area contributed by atoms with E-state index in [2.05, 4.69) is 15.6 Å². The largest absolute Gasteiger partial charge is 0.459 e. The number of ether oxygens (including phenoxy) is 2. The molecule has 3 N–H and O–H groups in total. The molecular weight excluding hydrogens is 494 g/mol. The molecular formula is C31H33N3O5. The molecule has 0 bridgehead atoms. The summed E-state index contributed by atoms with van der Waals surface area (Å²) in [6.45, 7) is 3.81. The number of aromatic amines is 1. The highest BCUT2D eigenvalue weighted by Gasteiger charge is 2.30. The third kappa shape index (κ3) is 7.70. The first-order valence-electron chi connectivity index (χ1n) is 12.9. The fourth-order valence-electron chi connectivity index (χ4n) is 4.21. The van der Waals surface area contributed by atoms with Crippen molar-refractivity contribution in [3.8, 4) is 0 Å². The van der Waals surface area contributed by atoms with Crippen molar-refractivity contribution in [2.24, 2.45) is 5.92 Å². The molecule has 4 aromatic rings. The number of hydrogen-bond donors (Lipinski definition) is 3. The predicted molar refractivity (Wildman–Crippen MR) is 149 cm³/mol. The lowest BCUT2D eigenvalue weighted by atomic mass is 10.0. The molecule has 8 nitrogen and oxygen atoms in total. The number of hydrogen-bond acceptors (Lipinski definition) is 5. The van der Waals surface area contributed by atoms with E-state index in [1.807, 2.05) is 105 Å². The van der Waals surface area contributed by atoms with Gasteiger partial charge in [0.05, 0.1) is 0 Å². The van der Waals surface area contributed by atoms with E-state index in [1.165, 1.54) is 0 Å². The number of fused-ring (bicyclic) bond motifs is 1. The standard InChI is InChI=1S/C31H33N3O5/c1-21(2)28(30(36)38-19-22-11-5-3-6-12-22)34-29(35)27(17-24-18-32-26-16-10-9-15-25(24)26)33-31(37)39-20-23-13-7-4-8-14-23/h3-16,18,21,27-28,32H,17,19-20H2,1-2H3,(H,33,37)(H,34,35). The number of H-pyrrole nitrogens is 1. The van der Waals surface area contributed by atoms with Crippen LogP contribution >= 0.6 is 0 Å². The van der Waals surface area contributed by atoms with Crippen molar-refractivity contribution in [1.29, 1.82) is 0 Å². The lowest BCUT2D eigenvalue weighted by Gasteiger charge is -2.24. The molecule has 0 spiro atoms. The Labute approximate surface area is 227 Å². The van der Waals surface area contributed by atoms with Crippen molar-refractivity contribution in [3.63, 3.8) is 0 Å². The van der Waals surface area contributed by atoms with Gasteiger partial charge in [-0.2, -0.15) is 0 Å². The second-order valence-electron chi connectivity index (χ2n) is 9.65. The van der Waals surface area contributed by atoms with Crippen LogP contribution in [0.25, 0.3) is 10.9 Å². The normalized spacial score (nSPS) is 12.5. The minimum Gasteiger partial charge on any atom is -0.459 e. The van der Waals surface area contributed by atoms with Crippen LogP contribution in [0.15, 0.2) is 91.1 Å². The van der Waals surface area contributed by atoms with E-state index in [1.54, 1.807) is 0 Å². The third-order valence-electron chi connectivity index (χ3n) is 6.36. The SMILES string of the molecule is CC(C)C(NC(=O)C(Cc1c[nH]c2ccccc12)NC(=O)OCc1ccccc1)C(=O)OCc1ccccc1. The van der Waals surface area contributed by atoms with E-state index < -0.39 is 30.1 Å². The van der Waals surface area contributed by atoms with Crippen molar-refractivity contribution in [2.45, 2.75) is 45.6 Å². The molecule has 0 aliphatic carbocycles. The fourth-order valence-corrected chi connectivity index (χ4v) is 4.21. The van der Waals surface area contributed by atoms with Crippen molar-refractivity contribution in [2.75, 3.05) is 0 Å². The Balaban J connectivity index is 1.47. The lowest BCUT2D eigenvalue weighted by molar-refractivity contribution is -0.150. The second-order valence-corrected chi connectivity index (χ2v) is 9.65. The van der Waals surface area contributed by atoms with Crippen molar-refractivity contribution in [1.82, 2.24) is 15.6 Å². The van der Waals surface area contributed by atoms with Crippen LogP contribution in [0.4, 0.5) is 4.79 Å². The summed E-state index contributed by atoms with van der Waals surface area (Å²) in [7, 11) is 0. The third-order valence-corrected chi connectivity index (χ3v) is 6.36. The fraction of sp³-hybridized carbons (Fsp3) is 0.258. The average molecular weight is 528 g/mol. The van der Waals surface area contributed by atoms with E-state index in [4.69, 9.17) is 9.47 Å². The number of esters is 1. The van der Waals surface area contributed by atoms with E-state index in [0.29, 0.717) is 0 Å². The van der Waals surface area contributed by atoms with Crippen LogP contribution in [0.5, 0.6) is 0 Å². The molecule has 0 fully saturated rings. The molecule has 0 radical (unpaired) electrons. The predicted octanol–water partition coefficient (Wildman–Crippen LogP) is 4.89. The number of carbonyl (C=O) groups excluding carboxylic acids is 3. The summed E-state index contributed by atoms with van der Waals surface area (Å²) in [6, 6.07) is 24.4. The summed E-state index contributed by atoms with van der Waals surface area (Å²) >= 11 is 0. The maximum Gasteiger partial charge on any atom is 0.408 e. The summed E-state index contributed by atoms with van der Waals surface area (Å²) in [4.78, 5) is 42.4. The molecule has 0 saturated heterocycles. The van der Waals surface area contributed by atoms with Gasteiger partial charge in [0.25, 0.3) is 0 Å². The number of carbonyl (C=O) groups is 3. The van der Waals surface area contributed by atoms with Gasteiger partial charge in [-0.15, -0.1) is 0 Å². The number of amides is 2. The molecule has 1 heterocycles. The lowest BCUT2D eigenvalue weighted by Crippen LogP contribution is -2.54. The number of alkyl carbamates (subject to hydrolysis) is 1. The summed E-state index contributed by atoms with van der Waals surface area (Å²) < 4.78 is 10.9. The molecule has 3 aromatic carbocycles. The topological polar surface area (TPSA) is 110 Å². The van der Waals surface area contributed by atoms with Gasteiger partial charge >= 0.3 is 12.1 Å². The molecule has 1 aromatic heterocycles. The minimum atomic E-state index is -0.990. The maximum absolute atomic E-state index is 13.5. The number of para-hydroxylation sites is 1. The van der Waals surface area contributed by atoms with Crippen molar-refractivity contribution >= 4 is 28.9 Å². The van der Waals surface area contributed by atoms with Crippen molar-refractivity contribution < 1.29 is 23.9 Å². The van der Waals surface area contributed by atoms with Gasteiger partial charge in [-0.3, -0.25) is 4.79 Å². The van der Waals surface area contributed by atoms with Gasteiger partial charge in [0.15, 0.2) is 0 Å². The highest BCUT2D eigenvalue weighted by atomic mass is 16.5. The number of rotatable bonds is 11. The first-order valence-corrected chi connectivity index (χ1v) is 12.9. The zero-order valence-electron chi connectivity index (χ0n) is 22.1. The van der Waals surface area contributed by atoms with Gasteiger partial charge in [0.2, 0.25) is 5.91 Å². The Kier molecular flexibility index (Phi) is 9.34. The average Bonchev–Trinajstić information content (AvgIpc) is 3.36. The van der Waals surface area contributed by atoms with Crippen LogP contribution in [0.3, 0.4) is 0 Å². The van der Waals surface area contributed by atoms with Crippen LogP contribution in [0.2, 0.25) is 0 Å². The highest BCUT2D eigenvalue weighted by molar-refractivity contribution is 5.91. The van der Waals surface area contributed by atoms with E-state index in [9.17, 15) is 14.4 Å². The van der Waals surface area contributed by atoms with E-state index in [0.717, 1.165) is 27.6 Å². The number of nitrogens with one attached hydrogen (secondary N) is 3. The smallest absolute Gasteiger partial charge is 0.408 e. The van der Waals surface area contributed by atoms with E-state index >= 15 is 0 Å². The Bertz CT molecular complexity index is 1390. The first-order chi connectivity index (χ1) is 18.9. The Hall–Kier alpha value is -4.59. The summed E-state index contributed by atoms with van der Waals surface area (Å²) in [5, 5.41) is 6.43. The van der Waals surface area contributed by atoms with Crippen LogP contribution in [-0.4, -0.2) is 35.0 Å². The summed E-state index contributed by atoms with van der Waals surface area (Å²) in [5.41, 5.74) is 3.44. The first kappa shape index (κ1) is 27.4. The maximum atomic E-state index is 13.5. The van der Waals surface area contributed by atoms with Crippen LogP contribution in [-0.2, 0) is 38.7 Å². The van der Waals surface area contributed by atoms with Crippen LogP contribution in [0, 0.1) is 5.92 Å². The van der Waals surface area contributed by atoms with Gasteiger partial charge in [0.1, 0.15) is 25.3 Å². The van der Waals surface area contributed by atoms with Gasteiger partial charge < -0.3 is 25.1 Å². The molecule has 202 valence electrons. The summed E-state index contributed by atoms with van der Waals surface area (Å²) in [6.07, 6.45) is 1.28. The molecule has 2 amide bonds. The molecule has 4 rings (SSSR count). The molecule has 2 unspecified atom stereocenters. The van der Waals surface area contributed by atoms with Crippen LogP contribution in [0.1, 0.15) is 30.5 Å². The van der Waals surface area contributed by atoms with Gasteiger partial charge in [-0.1, -0.05) is 92.7 Å². The zero-order chi connectivity index (χ0) is 27.6. The van der Waals surface area contributed by atoms with Crippen molar-refractivity contribution in [3.05, 3.63) is 108 Å².